The van der Waals surface area contributed by atoms with Gasteiger partial charge in [0, 0.05) is 0 Å². The largest absolute Gasteiger partial charge is 0.247 e. The molecule has 0 saturated heterocycles. The summed E-state index contributed by atoms with van der Waals surface area (Å²) in [4.78, 5) is 0. The molecule has 60 valence electrons. The minimum absolute atomic E-state index is 0.378. The fraction of sp³-hybridized carbons (Fsp3) is 1.00. The SMILES string of the molecule is CC1CC(F)CCC1(C)C. The average molecular weight is 144 g/mol. The van der Waals surface area contributed by atoms with E-state index in [9.17, 15) is 4.39 Å². The molecule has 0 amide bonds. The van der Waals surface area contributed by atoms with Crippen molar-refractivity contribution in [3.05, 3.63) is 0 Å². The van der Waals surface area contributed by atoms with Crippen molar-refractivity contribution in [1.82, 2.24) is 0 Å². The normalized spacial score (nSPS) is 39.6. The molecule has 0 heterocycles. The Bertz CT molecular complexity index is 118. The molecule has 0 aromatic carbocycles. The van der Waals surface area contributed by atoms with E-state index in [4.69, 9.17) is 0 Å². The molecule has 0 spiro atoms. The molecule has 0 radical (unpaired) electrons. The highest BCUT2D eigenvalue weighted by Crippen LogP contribution is 2.40. The topological polar surface area (TPSA) is 0 Å². The predicted octanol–water partition coefficient (Wildman–Crippen LogP) is 3.17. The Kier molecular flexibility index (Phi) is 2.02. The zero-order valence-corrected chi connectivity index (χ0v) is 7.15. The van der Waals surface area contributed by atoms with Crippen molar-refractivity contribution in [3.8, 4) is 0 Å². The fourth-order valence-corrected chi connectivity index (χ4v) is 1.60. The summed E-state index contributed by atoms with van der Waals surface area (Å²) in [6, 6.07) is 0. The molecule has 1 aliphatic carbocycles. The van der Waals surface area contributed by atoms with E-state index in [1.54, 1.807) is 0 Å². The number of halogens is 1. The number of rotatable bonds is 0. The average Bonchev–Trinajstić information content (AvgIpc) is 1.81. The molecule has 10 heavy (non-hydrogen) atoms. The van der Waals surface area contributed by atoms with Crippen LogP contribution in [0.25, 0.3) is 0 Å². The minimum atomic E-state index is -0.525. The first-order valence-corrected chi connectivity index (χ1v) is 4.16. The lowest BCUT2D eigenvalue weighted by Gasteiger charge is -2.37. The molecule has 1 heteroatoms. The molecular formula is C9H17F. The number of hydrogen-bond donors (Lipinski definition) is 0. The molecule has 1 rings (SSSR count). The molecule has 0 bridgehead atoms. The highest BCUT2D eigenvalue weighted by molar-refractivity contribution is 4.83. The summed E-state index contributed by atoms with van der Waals surface area (Å²) >= 11 is 0. The highest BCUT2D eigenvalue weighted by Gasteiger charge is 2.33. The third kappa shape index (κ3) is 1.50. The van der Waals surface area contributed by atoms with E-state index in [0.717, 1.165) is 19.3 Å². The summed E-state index contributed by atoms with van der Waals surface area (Å²) in [6.07, 6.45) is 2.07. The van der Waals surface area contributed by atoms with E-state index < -0.39 is 6.17 Å². The van der Waals surface area contributed by atoms with Gasteiger partial charge in [0.1, 0.15) is 6.17 Å². The minimum Gasteiger partial charge on any atom is -0.247 e. The molecule has 1 saturated carbocycles. The molecule has 0 nitrogen and oxygen atoms in total. The molecular weight excluding hydrogens is 127 g/mol. The van der Waals surface area contributed by atoms with Gasteiger partial charge >= 0.3 is 0 Å². The first-order chi connectivity index (χ1) is 4.52. The second-order valence-electron chi connectivity index (χ2n) is 4.26. The Balaban J connectivity index is 2.52. The van der Waals surface area contributed by atoms with Crippen LogP contribution in [0.15, 0.2) is 0 Å². The summed E-state index contributed by atoms with van der Waals surface area (Å²) < 4.78 is 12.8. The van der Waals surface area contributed by atoms with Crippen LogP contribution in [-0.2, 0) is 0 Å². The summed E-state index contributed by atoms with van der Waals surface area (Å²) in [7, 11) is 0. The van der Waals surface area contributed by atoms with Gasteiger partial charge in [-0.3, -0.25) is 0 Å². The maximum Gasteiger partial charge on any atom is 0.100 e. The van der Waals surface area contributed by atoms with Gasteiger partial charge in [0.05, 0.1) is 0 Å². The fourth-order valence-electron chi connectivity index (χ4n) is 1.60. The van der Waals surface area contributed by atoms with Crippen molar-refractivity contribution in [1.29, 1.82) is 0 Å². The highest BCUT2D eigenvalue weighted by atomic mass is 19.1. The Morgan fingerprint density at radius 2 is 2.00 bits per heavy atom. The van der Waals surface area contributed by atoms with Crippen LogP contribution in [0.3, 0.4) is 0 Å². The molecule has 1 fully saturated rings. The van der Waals surface area contributed by atoms with Crippen molar-refractivity contribution in [2.75, 3.05) is 0 Å². The third-order valence-electron chi connectivity index (χ3n) is 3.05. The standard InChI is InChI=1S/C9H17F/c1-7-6-8(10)4-5-9(7,2)3/h7-8H,4-6H2,1-3H3. The van der Waals surface area contributed by atoms with Crippen LogP contribution in [0.5, 0.6) is 0 Å². The van der Waals surface area contributed by atoms with E-state index in [-0.39, 0.29) is 0 Å². The zero-order chi connectivity index (χ0) is 7.78. The van der Waals surface area contributed by atoms with Crippen molar-refractivity contribution in [2.24, 2.45) is 11.3 Å². The second kappa shape index (κ2) is 2.52. The summed E-state index contributed by atoms with van der Waals surface area (Å²) in [5.74, 6) is 0.552. The zero-order valence-electron chi connectivity index (χ0n) is 7.15. The van der Waals surface area contributed by atoms with Gasteiger partial charge in [-0.15, -0.1) is 0 Å². The lowest BCUT2D eigenvalue weighted by Crippen LogP contribution is -2.30. The molecule has 2 unspecified atom stereocenters. The second-order valence-corrected chi connectivity index (χ2v) is 4.26. The maximum absolute atomic E-state index is 12.8. The third-order valence-corrected chi connectivity index (χ3v) is 3.05. The van der Waals surface area contributed by atoms with Gasteiger partial charge in [0.25, 0.3) is 0 Å². The van der Waals surface area contributed by atoms with Crippen LogP contribution in [0.1, 0.15) is 40.0 Å². The monoisotopic (exact) mass is 144 g/mol. The van der Waals surface area contributed by atoms with Crippen LogP contribution < -0.4 is 0 Å². The molecule has 1 aliphatic rings. The van der Waals surface area contributed by atoms with Gasteiger partial charge in [0.2, 0.25) is 0 Å². The Morgan fingerprint density at radius 1 is 1.40 bits per heavy atom. The van der Waals surface area contributed by atoms with Crippen LogP contribution in [-0.4, -0.2) is 6.17 Å². The van der Waals surface area contributed by atoms with Gasteiger partial charge in [-0.25, -0.2) is 4.39 Å². The molecule has 0 aromatic heterocycles. The van der Waals surface area contributed by atoms with Crippen molar-refractivity contribution >= 4 is 0 Å². The van der Waals surface area contributed by atoms with E-state index in [1.165, 1.54) is 0 Å². The summed E-state index contributed by atoms with van der Waals surface area (Å²) in [5.41, 5.74) is 0.378. The maximum atomic E-state index is 12.8. The summed E-state index contributed by atoms with van der Waals surface area (Å²) in [5, 5.41) is 0. The van der Waals surface area contributed by atoms with Crippen molar-refractivity contribution in [2.45, 2.75) is 46.2 Å². The quantitative estimate of drug-likeness (QED) is 0.490. The van der Waals surface area contributed by atoms with E-state index in [0.29, 0.717) is 11.3 Å². The molecule has 2 atom stereocenters. The first-order valence-electron chi connectivity index (χ1n) is 4.16. The van der Waals surface area contributed by atoms with E-state index in [1.807, 2.05) is 0 Å². The van der Waals surface area contributed by atoms with Gasteiger partial charge in [-0.1, -0.05) is 20.8 Å². The van der Waals surface area contributed by atoms with Crippen LogP contribution in [0, 0.1) is 11.3 Å². The summed E-state index contributed by atoms with van der Waals surface area (Å²) in [6.45, 7) is 6.64. The van der Waals surface area contributed by atoms with Gasteiger partial charge in [-0.2, -0.15) is 0 Å². The number of hydrogen-bond acceptors (Lipinski definition) is 0. The molecule has 0 aromatic rings. The molecule has 0 N–H and O–H groups in total. The lowest BCUT2D eigenvalue weighted by atomic mass is 9.69. The smallest absolute Gasteiger partial charge is 0.100 e. The number of alkyl halides is 1. The Hall–Kier alpha value is -0.0700. The van der Waals surface area contributed by atoms with Gasteiger partial charge < -0.3 is 0 Å². The van der Waals surface area contributed by atoms with Crippen LogP contribution in [0.2, 0.25) is 0 Å². The first kappa shape index (κ1) is 8.03. The van der Waals surface area contributed by atoms with Crippen molar-refractivity contribution < 1.29 is 4.39 Å². The van der Waals surface area contributed by atoms with E-state index >= 15 is 0 Å². The van der Waals surface area contributed by atoms with Gasteiger partial charge in [0.15, 0.2) is 0 Å². The lowest BCUT2D eigenvalue weighted by molar-refractivity contribution is 0.0883. The Morgan fingerprint density at radius 3 is 2.40 bits per heavy atom. The molecule has 0 aliphatic heterocycles. The predicted molar refractivity (Wildman–Crippen MR) is 41.7 cm³/mol. The van der Waals surface area contributed by atoms with Crippen molar-refractivity contribution in [3.63, 3.8) is 0 Å². The Labute approximate surface area is 62.8 Å². The van der Waals surface area contributed by atoms with Crippen LogP contribution in [0.4, 0.5) is 4.39 Å². The van der Waals surface area contributed by atoms with Crippen LogP contribution >= 0.6 is 0 Å². The van der Waals surface area contributed by atoms with E-state index in [2.05, 4.69) is 20.8 Å². The van der Waals surface area contributed by atoms with Gasteiger partial charge in [-0.05, 0) is 30.6 Å².